The summed E-state index contributed by atoms with van der Waals surface area (Å²) in [4.78, 5) is 18.1. The van der Waals surface area contributed by atoms with Gasteiger partial charge in [0.05, 0.1) is 18.1 Å². The number of fused-ring (bicyclic) bond motifs is 4. The highest BCUT2D eigenvalue weighted by molar-refractivity contribution is 6.03. The van der Waals surface area contributed by atoms with Crippen LogP contribution in [0.25, 0.3) is 32.9 Å². The maximum absolute atomic E-state index is 16.3. The minimum absolute atomic E-state index is 0.0291. The van der Waals surface area contributed by atoms with Crippen LogP contribution in [-0.4, -0.2) is 70.5 Å². The van der Waals surface area contributed by atoms with Crippen molar-refractivity contribution in [3.63, 3.8) is 0 Å². The molecule has 0 radical (unpaired) electrons. The number of hydrogen-bond donors (Lipinski definition) is 2. The Morgan fingerprint density at radius 2 is 1.95 bits per heavy atom. The molecule has 0 amide bonds. The lowest BCUT2D eigenvalue weighted by Crippen LogP contribution is -2.56. The number of aromatic nitrogens is 3. The average Bonchev–Trinajstić information content (AvgIpc) is 3.18. The molecule has 2 fully saturated rings. The minimum Gasteiger partial charge on any atom is -0.508 e. The zero-order valence-electron chi connectivity index (χ0n) is 22.4. The van der Waals surface area contributed by atoms with Crippen molar-refractivity contribution in [3.05, 3.63) is 47.7 Å². The molecule has 8 nitrogen and oxygen atoms in total. The molecule has 2 N–H and O–H groups in total. The van der Waals surface area contributed by atoms with Crippen molar-refractivity contribution in [2.45, 2.75) is 38.3 Å². The number of piperazine rings is 1. The van der Waals surface area contributed by atoms with Crippen LogP contribution in [0.4, 0.5) is 14.6 Å². The number of phenols is 1. The van der Waals surface area contributed by atoms with Crippen LogP contribution in [0.5, 0.6) is 11.8 Å². The Kier molecular flexibility index (Phi) is 6.86. The molecule has 2 aliphatic heterocycles. The van der Waals surface area contributed by atoms with Crippen LogP contribution in [0.3, 0.4) is 0 Å². The first kappa shape index (κ1) is 26.2. The van der Waals surface area contributed by atoms with Crippen molar-refractivity contribution >= 4 is 27.5 Å². The largest absolute Gasteiger partial charge is 0.508 e. The normalized spacial score (nSPS) is 18.9. The Morgan fingerprint density at radius 1 is 1.18 bits per heavy atom. The third-order valence-electron chi connectivity index (χ3n) is 7.93. The first-order chi connectivity index (χ1) is 19.4. The second-order valence-electron chi connectivity index (χ2n) is 10.3. The molecule has 0 spiro atoms. The van der Waals surface area contributed by atoms with Crippen LogP contribution < -0.4 is 15.0 Å². The van der Waals surface area contributed by atoms with E-state index in [9.17, 15) is 9.50 Å². The topological polar surface area (TPSA) is 86.6 Å². The molecule has 206 valence electrons. The first-order valence-corrected chi connectivity index (χ1v) is 13.5. The van der Waals surface area contributed by atoms with E-state index in [1.807, 2.05) is 0 Å². The maximum Gasteiger partial charge on any atom is 0.318 e. The Morgan fingerprint density at radius 3 is 2.65 bits per heavy atom. The van der Waals surface area contributed by atoms with E-state index in [4.69, 9.17) is 11.2 Å². The van der Waals surface area contributed by atoms with Crippen molar-refractivity contribution in [1.82, 2.24) is 25.2 Å². The monoisotopic (exact) mass is 544 g/mol. The van der Waals surface area contributed by atoms with Gasteiger partial charge in [0.15, 0.2) is 5.82 Å². The number of hydrogen-bond acceptors (Lipinski definition) is 8. The fraction of sp³-hybridized carbons (Fsp3) is 0.367. The summed E-state index contributed by atoms with van der Waals surface area (Å²) in [6.07, 6.45) is 10.4. The molecule has 0 saturated carbocycles. The number of aromatic hydroxyl groups is 1. The lowest BCUT2D eigenvalue weighted by atomic mass is 9.96. The number of anilines is 1. The van der Waals surface area contributed by atoms with Gasteiger partial charge in [-0.05, 0) is 49.4 Å². The predicted octanol–water partition coefficient (Wildman–Crippen LogP) is 4.43. The van der Waals surface area contributed by atoms with Crippen LogP contribution in [0.15, 0.2) is 30.5 Å². The summed E-state index contributed by atoms with van der Waals surface area (Å²) in [5, 5.41) is 15.1. The van der Waals surface area contributed by atoms with Crippen molar-refractivity contribution in [1.29, 1.82) is 0 Å². The Balaban J connectivity index is 1.46. The maximum atomic E-state index is 16.3. The summed E-state index contributed by atoms with van der Waals surface area (Å²) in [6, 6.07) is 6.24. The van der Waals surface area contributed by atoms with E-state index in [-0.39, 0.29) is 39.5 Å². The van der Waals surface area contributed by atoms with Gasteiger partial charge >= 0.3 is 6.01 Å². The average molecular weight is 545 g/mol. The van der Waals surface area contributed by atoms with Crippen LogP contribution in [0.1, 0.15) is 31.7 Å². The van der Waals surface area contributed by atoms with Crippen molar-refractivity contribution in [3.8, 4) is 35.4 Å². The molecule has 2 aromatic carbocycles. The van der Waals surface area contributed by atoms with E-state index in [0.29, 0.717) is 28.7 Å². The number of terminal acetylenes is 1. The number of ether oxygens (including phenoxy) is 1. The lowest BCUT2D eigenvalue weighted by Gasteiger charge is -2.41. The van der Waals surface area contributed by atoms with Crippen LogP contribution >= 0.6 is 0 Å². The number of rotatable bonds is 7. The third kappa shape index (κ3) is 4.35. The van der Waals surface area contributed by atoms with Crippen LogP contribution in [0.2, 0.25) is 0 Å². The number of halogens is 2. The SMILES string of the molecule is C#Cc1c(F)ccc2cc(O)cc(-c3ncc4c(N5CC6CCC(C5)N6CNCCC)nc(OC)nc4c3F)c12. The van der Waals surface area contributed by atoms with Crippen LogP contribution in [-0.2, 0) is 0 Å². The van der Waals surface area contributed by atoms with Gasteiger partial charge in [0.1, 0.15) is 28.6 Å². The Bertz CT molecular complexity index is 1640. The highest BCUT2D eigenvalue weighted by Gasteiger charge is 2.40. The standard InChI is InChI=1S/C30H30F2N6O2/c1-4-10-33-16-38-18-7-8-19(38)15-37(14-18)29-23-13-34-27(26(32)28(23)35-30(36-29)40-3)22-12-20(39)11-17-6-9-24(31)21(5-2)25(17)22/h2,6,9,11-13,18-19,33,39H,4,7-8,10,14-16H2,1,3H3. The quantitative estimate of drug-likeness (QED) is 0.261. The van der Waals surface area contributed by atoms with E-state index >= 15 is 4.39 Å². The van der Waals surface area contributed by atoms with Crippen molar-refractivity contribution < 1.29 is 18.6 Å². The minimum atomic E-state index is -0.732. The van der Waals surface area contributed by atoms with Gasteiger partial charge in [0.25, 0.3) is 0 Å². The molecular weight excluding hydrogens is 514 g/mol. The second-order valence-corrected chi connectivity index (χ2v) is 10.3. The predicted molar refractivity (Wildman–Crippen MR) is 150 cm³/mol. The molecule has 4 heterocycles. The molecular formula is C30H30F2N6O2. The van der Waals surface area contributed by atoms with Gasteiger partial charge in [-0.2, -0.15) is 9.97 Å². The van der Waals surface area contributed by atoms with Crippen molar-refractivity contribution in [2.24, 2.45) is 0 Å². The van der Waals surface area contributed by atoms with Gasteiger partial charge in [0, 0.05) is 49.0 Å². The van der Waals surface area contributed by atoms with Gasteiger partial charge in [-0.15, -0.1) is 6.42 Å². The smallest absolute Gasteiger partial charge is 0.318 e. The zero-order chi connectivity index (χ0) is 28.0. The van der Waals surface area contributed by atoms with E-state index in [1.165, 1.54) is 37.6 Å². The fourth-order valence-electron chi connectivity index (χ4n) is 6.10. The van der Waals surface area contributed by atoms with E-state index in [1.54, 1.807) is 0 Å². The Labute approximate surface area is 231 Å². The van der Waals surface area contributed by atoms with Crippen LogP contribution in [0, 0.1) is 24.0 Å². The highest BCUT2D eigenvalue weighted by atomic mass is 19.1. The van der Waals surface area contributed by atoms with Gasteiger partial charge in [-0.3, -0.25) is 9.88 Å². The summed E-state index contributed by atoms with van der Waals surface area (Å²) < 4.78 is 36.4. The number of phenolic OH excluding ortho intramolecular Hbond substituents is 1. The lowest BCUT2D eigenvalue weighted by molar-refractivity contribution is 0.156. The molecule has 6 rings (SSSR count). The molecule has 0 aliphatic carbocycles. The molecule has 10 heteroatoms. The number of nitrogens with one attached hydrogen (secondary N) is 1. The second kappa shape index (κ2) is 10.5. The zero-order valence-corrected chi connectivity index (χ0v) is 22.4. The molecule has 2 atom stereocenters. The van der Waals surface area contributed by atoms with E-state index in [0.717, 1.165) is 45.6 Å². The molecule has 2 unspecified atom stereocenters. The van der Waals surface area contributed by atoms with Gasteiger partial charge in [-0.1, -0.05) is 18.9 Å². The molecule has 40 heavy (non-hydrogen) atoms. The molecule has 2 aliphatic rings. The van der Waals surface area contributed by atoms with Gasteiger partial charge in [0.2, 0.25) is 0 Å². The van der Waals surface area contributed by atoms with Gasteiger partial charge in [-0.25, -0.2) is 8.78 Å². The molecule has 2 aromatic heterocycles. The summed E-state index contributed by atoms with van der Waals surface area (Å²) >= 11 is 0. The highest BCUT2D eigenvalue weighted by Crippen LogP contribution is 2.40. The number of pyridine rings is 1. The first-order valence-electron chi connectivity index (χ1n) is 13.5. The number of nitrogens with zero attached hydrogens (tertiary/aromatic N) is 5. The molecule has 4 aromatic rings. The summed E-state index contributed by atoms with van der Waals surface area (Å²) in [6.45, 7) is 5.46. The Hall–Kier alpha value is -4.07. The molecule has 2 bridgehead atoms. The summed E-state index contributed by atoms with van der Waals surface area (Å²) in [7, 11) is 1.44. The third-order valence-corrected chi connectivity index (χ3v) is 7.93. The summed E-state index contributed by atoms with van der Waals surface area (Å²) in [5.74, 6) is 1.45. The van der Waals surface area contributed by atoms with E-state index < -0.39 is 11.6 Å². The fourth-order valence-corrected chi connectivity index (χ4v) is 6.10. The van der Waals surface area contributed by atoms with Crippen molar-refractivity contribution in [2.75, 3.05) is 38.3 Å². The summed E-state index contributed by atoms with van der Waals surface area (Å²) in [5.41, 5.74) is 0.0687. The van der Waals surface area contributed by atoms with E-state index in [2.05, 4.69) is 42.9 Å². The van der Waals surface area contributed by atoms with Gasteiger partial charge < -0.3 is 20.1 Å². The molecule has 2 saturated heterocycles. The number of benzene rings is 2. The number of methoxy groups -OCH3 is 1.